The molecule has 0 bridgehead atoms. The molecule has 0 saturated heterocycles. The third kappa shape index (κ3) is 3.18. The molecule has 0 spiro atoms. The highest BCUT2D eigenvalue weighted by molar-refractivity contribution is 5.44. The zero-order valence-electron chi connectivity index (χ0n) is 12.5. The molecule has 0 aliphatic heterocycles. The molecule has 2 nitrogen and oxygen atoms in total. The molecule has 2 atom stereocenters. The van der Waals surface area contributed by atoms with Crippen LogP contribution in [0.3, 0.4) is 0 Å². The molecule has 118 valence electrons. The lowest BCUT2D eigenvalue weighted by molar-refractivity contribution is -0.202. The molecule has 1 aromatic carbocycles. The third-order valence-electron chi connectivity index (χ3n) is 4.43. The highest BCUT2D eigenvalue weighted by Crippen LogP contribution is 2.47. The summed E-state index contributed by atoms with van der Waals surface area (Å²) in [6, 6.07) is 3.53. The first kappa shape index (κ1) is 16.1. The highest BCUT2D eigenvalue weighted by Gasteiger charge is 2.48. The van der Waals surface area contributed by atoms with Crippen molar-refractivity contribution in [2.45, 2.75) is 51.3 Å². The van der Waals surface area contributed by atoms with E-state index in [1.165, 1.54) is 0 Å². The van der Waals surface area contributed by atoms with Crippen LogP contribution in [0.15, 0.2) is 12.1 Å². The first-order chi connectivity index (χ1) is 9.67. The molecule has 1 aliphatic rings. The Morgan fingerprint density at radius 3 is 2.48 bits per heavy atom. The SMILES string of the molecule is COc1cc(C)c(C2(O)CCCC(C(F)(F)F)C2)cc1C. The second-order valence-corrected chi connectivity index (χ2v) is 6.00. The van der Waals surface area contributed by atoms with E-state index in [1.807, 2.05) is 6.92 Å². The lowest BCUT2D eigenvalue weighted by Crippen LogP contribution is -2.39. The molecule has 1 aliphatic carbocycles. The summed E-state index contributed by atoms with van der Waals surface area (Å²) >= 11 is 0. The number of aliphatic hydroxyl groups is 1. The van der Waals surface area contributed by atoms with E-state index in [0.29, 0.717) is 24.2 Å². The maximum Gasteiger partial charge on any atom is 0.391 e. The highest BCUT2D eigenvalue weighted by atomic mass is 19.4. The van der Waals surface area contributed by atoms with Crippen LogP contribution in [0.4, 0.5) is 13.2 Å². The van der Waals surface area contributed by atoms with E-state index in [2.05, 4.69) is 0 Å². The van der Waals surface area contributed by atoms with Crippen LogP contribution in [-0.4, -0.2) is 18.4 Å². The van der Waals surface area contributed by atoms with Crippen molar-refractivity contribution < 1.29 is 23.0 Å². The molecule has 0 amide bonds. The summed E-state index contributed by atoms with van der Waals surface area (Å²) in [6.45, 7) is 3.63. The van der Waals surface area contributed by atoms with Crippen LogP contribution in [0, 0.1) is 19.8 Å². The molecule has 5 heteroatoms. The smallest absolute Gasteiger partial charge is 0.391 e. The topological polar surface area (TPSA) is 29.5 Å². The summed E-state index contributed by atoms with van der Waals surface area (Å²) in [5.74, 6) is -0.749. The van der Waals surface area contributed by atoms with Crippen molar-refractivity contribution in [3.63, 3.8) is 0 Å². The number of halogens is 3. The molecular weight excluding hydrogens is 281 g/mol. The van der Waals surface area contributed by atoms with Gasteiger partial charge in [0.25, 0.3) is 0 Å². The van der Waals surface area contributed by atoms with Gasteiger partial charge in [-0.1, -0.05) is 0 Å². The number of rotatable bonds is 2. The lowest BCUT2D eigenvalue weighted by atomic mass is 9.72. The molecule has 2 rings (SSSR count). The van der Waals surface area contributed by atoms with Gasteiger partial charge in [-0.15, -0.1) is 0 Å². The van der Waals surface area contributed by atoms with Gasteiger partial charge in [-0.05, 0) is 68.4 Å². The van der Waals surface area contributed by atoms with E-state index >= 15 is 0 Å². The molecular formula is C16H21F3O2. The van der Waals surface area contributed by atoms with Gasteiger partial charge in [-0.25, -0.2) is 0 Å². The quantitative estimate of drug-likeness (QED) is 0.885. The molecule has 0 heterocycles. The Morgan fingerprint density at radius 2 is 1.90 bits per heavy atom. The molecule has 2 unspecified atom stereocenters. The van der Waals surface area contributed by atoms with Gasteiger partial charge in [0, 0.05) is 0 Å². The summed E-state index contributed by atoms with van der Waals surface area (Å²) in [4.78, 5) is 0. The molecule has 1 fully saturated rings. The van der Waals surface area contributed by atoms with E-state index in [-0.39, 0.29) is 12.8 Å². The fraction of sp³-hybridized carbons (Fsp3) is 0.625. The fourth-order valence-corrected chi connectivity index (χ4v) is 3.29. The van der Waals surface area contributed by atoms with E-state index < -0.39 is 17.7 Å². The summed E-state index contributed by atoms with van der Waals surface area (Å²) < 4.78 is 44.1. The Balaban J connectivity index is 2.38. The Labute approximate surface area is 122 Å². The Bertz CT molecular complexity index is 525. The van der Waals surface area contributed by atoms with Gasteiger partial charge in [0.2, 0.25) is 0 Å². The summed E-state index contributed by atoms with van der Waals surface area (Å²) in [5, 5.41) is 10.8. The van der Waals surface area contributed by atoms with Crippen LogP contribution >= 0.6 is 0 Å². The number of benzene rings is 1. The van der Waals surface area contributed by atoms with Gasteiger partial charge in [0.05, 0.1) is 18.6 Å². The van der Waals surface area contributed by atoms with Crippen molar-refractivity contribution in [1.82, 2.24) is 0 Å². The van der Waals surface area contributed by atoms with Crippen LogP contribution in [0.2, 0.25) is 0 Å². The van der Waals surface area contributed by atoms with Crippen molar-refractivity contribution in [2.75, 3.05) is 7.11 Å². The van der Waals surface area contributed by atoms with E-state index in [9.17, 15) is 18.3 Å². The maximum absolute atomic E-state index is 13.0. The standard InChI is InChI=1S/C16H21F3O2/c1-10-8-14(21-3)11(2)7-13(10)15(20)6-4-5-12(9-15)16(17,18)19/h7-8,12,20H,4-6,9H2,1-3H3. The zero-order valence-corrected chi connectivity index (χ0v) is 12.5. The average molecular weight is 302 g/mol. The van der Waals surface area contributed by atoms with Crippen LogP contribution in [0.5, 0.6) is 5.75 Å². The van der Waals surface area contributed by atoms with E-state index in [0.717, 1.165) is 11.1 Å². The van der Waals surface area contributed by atoms with Crippen molar-refractivity contribution in [1.29, 1.82) is 0 Å². The zero-order chi connectivity index (χ0) is 15.8. The fourth-order valence-electron chi connectivity index (χ4n) is 3.29. The predicted molar refractivity (Wildman–Crippen MR) is 74.4 cm³/mol. The van der Waals surface area contributed by atoms with Crippen molar-refractivity contribution in [2.24, 2.45) is 5.92 Å². The number of hydrogen-bond donors (Lipinski definition) is 1. The Hall–Kier alpha value is -1.23. The third-order valence-corrected chi connectivity index (χ3v) is 4.43. The number of methoxy groups -OCH3 is 1. The van der Waals surface area contributed by atoms with E-state index in [1.54, 1.807) is 26.2 Å². The summed E-state index contributed by atoms with van der Waals surface area (Å²) in [5.41, 5.74) is 0.776. The summed E-state index contributed by atoms with van der Waals surface area (Å²) in [6.07, 6.45) is -3.66. The second kappa shape index (κ2) is 5.52. The second-order valence-electron chi connectivity index (χ2n) is 6.00. The normalized spacial score (nSPS) is 26.7. The predicted octanol–water partition coefficient (Wildman–Crippen LogP) is 4.25. The average Bonchev–Trinajstić information content (AvgIpc) is 2.40. The number of aryl methyl sites for hydroxylation is 2. The number of alkyl halides is 3. The van der Waals surface area contributed by atoms with Crippen molar-refractivity contribution in [3.05, 3.63) is 28.8 Å². The minimum atomic E-state index is -4.25. The minimum Gasteiger partial charge on any atom is -0.496 e. The van der Waals surface area contributed by atoms with Gasteiger partial charge in [-0.3, -0.25) is 0 Å². The molecule has 0 radical (unpaired) electrons. The lowest BCUT2D eigenvalue weighted by Gasteiger charge is -2.39. The van der Waals surface area contributed by atoms with Crippen LogP contribution < -0.4 is 4.74 Å². The van der Waals surface area contributed by atoms with Gasteiger partial charge < -0.3 is 9.84 Å². The minimum absolute atomic E-state index is 0.0972. The molecule has 1 aromatic rings. The van der Waals surface area contributed by atoms with Gasteiger partial charge in [-0.2, -0.15) is 13.2 Å². The Morgan fingerprint density at radius 1 is 1.24 bits per heavy atom. The molecule has 0 aromatic heterocycles. The number of hydrogen-bond acceptors (Lipinski definition) is 2. The number of ether oxygens (including phenoxy) is 1. The summed E-state index contributed by atoms with van der Waals surface area (Å²) in [7, 11) is 1.55. The van der Waals surface area contributed by atoms with Crippen LogP contribution in [0.25, 0.3) is 0 Å². The van der Waals surface area contributed by atoms with Gasteiger partial charge in [0.1, 0.15) is 5.75 Å². The monoisotopic (exact) mass is 302 g/mol. The van der Waals surface area contributed by atoms with Crippen LogP contribution in [-0.2, 0) is 5.60 Å². The largest absolute Gasteiger partial charge is 0.496 e. The Kier molecular flexibility index (Phi) is 4.24. The maximum atomic E-state index is 13.0. The molecule has 1 saturated carbocycles. The molecule has 1 N–H and O–H groups in total. The molecule has 21 heavy (non-hydrogen) atoms. The van der Waals surface area contributed by atoms with Gasteiger partial charge in [0.15, 0.2) is 0 Å². The first-order valence-electron chi connectivity index (χ1n) is 7.12. The van der Waals surface area contributed by atoms with Crippen molar-refractivity contribution in [3.8, 4) is 5.75 Å². The van der Waals surface area contributed by atoms with E-state index in [4.69, 9.17) is 4.74 Å². The van der Waals surface area contributed by atoms with Crippen molar-refractivity contribution >= 4 is 0 Å². The first-order valence-corrected chi connectivity index (χ1v) is 7.12. The van der Waals surface area contributed by atoms with Crippen LogP contribution in [0.1, 0.15) is 42.4 Å². The van der Waals surface area contributed by atoms with Gasteiger partial charge >= 0.3 is 6.18 Å².